The normalized spacial score (nSPS) is 11.7. The maximum atomic E-state index is 14.5. The number of amides is 2. The third-order valence-electron chi connectivity index (χ3n) is 7.17. The molecule has 0 radical (unpaired) electrons. The molecule has 0 heterocycles. The second-order valence-electron chi connectivity index (χ2n) is 10.1. The van der Waals surface area contributed by atoms with E-state index < -0.39 is 28.5 Å². The molecule has 0 unspecified atom stereocenters. The molecule has 0 aromatic heterocycles. The molecule has 0 saturated heterocycles. The zero-order valence-electron chi connectivity index (χ0n) is 25.4. The summed E-state index contributed by atoms with van der Waals surface area (Å²) in [6.45, 7) is 1.66. The Bertz CT molecular complexity index is 1680. The van der Waals surface area contributed by atoms with E-state index in [1.807, 2.05) is 61.5 Å². The van der Waals surface area contributed by atoms with Crippen molar-refractivity contribution in [1.29, 1.82) is 0 Å². The fourth-order valence-corrected chi connectivity index (χ4v) is 6.55. The summed E-state index contributed by atoms with van der Waals surface area (Å²) in [6, 6.07) is 28.4. The molecule has 0 fully saturated rings. The summed E-state index contributed by atoms with van der Waals surface area (Å²) in [6.07, 6.45) is 0.231. The smallest absolute Gasteiger partial charge is 0.264 e. The Labute approximate surface area is 273 Å². The fraction of sp³-hybridized carbons (Fsp3) is 0.235. The van der Waals surface area contributed by atoms with Crippen molar-refractivity contribution in [2.24, 2.45) is 0 Å². The molecule has 0 aliphatic carbocycles. The molecule has 4 aromatic carbocycles. The highest BCUT2D eigenvalue weighted by atomic mass is 79.9. The predicted octanol–water partition coefficient (Wildman–Crippen LogP) is 5.44. The number of carbonyl (C=O) groups is 2. The number of sulfonamides is 1. The average Bonchev–Trinajstić information content (AvgIpc) is 3.06. The third-order valence-corrected chi connectivity index (χ3v) is 9.47. The predicted molar refractivity (Wildman–Crippen MR) is 178 cm³/mol. The summed E-state index contributed by atoms with van der Waals surface area (Å²) in [5, 5.41) is 2.86. The van der Waals surface area contributed by atoms with Gasteiger partial charge >= 0.3 is 0 Å². The number of hydrogen-bond donors (Lipinski definition) is 1. The van der Waals surface area contributed by atoms with E-state index in [-0.39, 0.29) is 35.2 Å². The monoisotopic (exact) mass is 693 g/mol. The lowest BCUT2D eigenvalue weighted by atomic mass is 10.0. The number of likely N-dealkylation sites (N-methyl/N-ethyl adjacent to an activating group) is 1. The molecule has 0 saturated carbocycles. The number of methoxy groups -OCH3 is 2. The summed E-state index contributed by atoms with van der Waals surface area (Å²) in [4.78, 5) is 29.5. The Balaban J connectivity index is 1.81. The second kappa shape index (κ2) is 15.6. The molecule has 11 heteroatoms. The summed E-state index contributed by atoms with van der Waals surface area (Å²) in [5.41, 5.74) is 1.82. The quantitative estimate of drug-likeness (QED) is 0.189. The highest BCUT2D eigenvalue weighted by Crippen LogP contribution is 2.33. The van der Waals surface area contributed by atoms with Crippen molar-refractivity contribution in [1.82, 2.24) is 10.2 Å². The molecule has 0 aliphatic rings. The highest BCUT2D eigenvalue weighted by molar-refractivity contribution is 9.10. The first-order chi connectivity index (χ1) is 21.7. The minimum Gasteiger partial charge on any atom is -0.497 e. The van der Waals surface area contributed by atoms with Gasteiger partial charge in [-0.25, -0.2) is 8.42 Å². The van der Waals surface area contributed by atoms with Gasteiger partial charge in [0.05, 0.1) is 24.8 Å². The number of para-hydroxylation sites is 2. The minimum absolute atomic E-state index is 0.0361. The number of hydrogen-bond acceptors (Lipinski definition) is 6. The van der Waals surface area contributed by atoms with Crippen molar-refractivity contribution in [3.63, 3.8) is 0 Å². The molecule has 2 amide bonds. The first-order valence-corrected chi connectivity index (χ1v) is 16.6. The minimum atomic E-state index is -4.29. The lowest BCUT2D eigenvalue weighted by molar-refractivity contribution is -0.140. The van der Waals surface area contributed by atoms with Gasteiger partial charge in [-0.1, -0.05) is 70.5 Å². The molecule has 236 valence electrons. The molecule has 4 aromatic rings. The third kappa shape index (κ3) is 8.43. The van der Waals surface area contributed by atoms with E-state index in [0.29, 0.717) is 12.3 Å². The van der Waals surface area contributed by atoms with Crippen LogP contribution < -0.4 is 19.1 Å². The Morgan fingerprint density at radius 3 is 2.09 bits per heavy atom. The van der Waals surface area contributed by atoms with Gasteiger partial charge in [0, 0.05) is 24.0 Å². The van der Waals surface area contributed by atoms with Crippen LogP contribution in [-0.4, -0.2) is 58.5 Å². The van der Waals surface area contributed by atoms with Gasteiger partial charge in [0.15, 0.2) is 0 Å². The number of nitrogens with zero attached hydrogens (tertiary/aromatic N) is 2. The van der Waals surface area contributed by atoms with Crippen LogP contribution in [0.1, 0.15) is 18.1 Å². The summed E-state index contributed by atoms with van der Waals surface area (Å²) < 4.78 is 41.1. The molecular formula is C34H36BrN3O6S. The lowest BCUT2D eigenvalue weighted by Gasteiger charge is -2.34. The van der Waals surface area contributed by atoms with Gasteiger partial charge in [-0.2, -0.15) is 0 Å². The highest BCUT2D eigenvalue weighted by Gasteiger charge is 2.35. The number of rotatable bonds is 14. The number of anilines is 1. The van der Waals surface area contributed by atoms with Crippen molar-refractivity contribution < 1.29 is 27.5 Å². The number of benzene rings is 4. The molecule has 4 rings (SSSR count). The average molecular weight is 695 g/mol. The number of halogens is 1. The number of ether oxygens (including phenoxy) is 2. The van der Waals surface area contributed by atoms with Gasteiger partial charge in [-0.3, -0.25) is 13.9 Å². The zero-order valence-corrected chi connectivity index (χ0v) is 27.8. The summed E-state index contributed by atoms with van der Waals surface area (Å²) in [7, 11) is -1.37. The van der Waals surface area contributed by atoms with Gasteiger partial charge in [-0.15, -0.1) is 0 Å². The van der Waals surface area contributed by atoms with E-state index >= 15 is 0 Å². The Morgan fingerprint density at radius 1 is 0.822 bits per heavy atom. The first-order valence-electron chi connectivity index (χ1n) is 14.3. The zero-order chi connectivity index (χ0) is 32.4. The molecule has 1 N–H and O–H groups in total. The number of nitrogens with one attached hydrogen (secondary N) is 1. The molecule has 1 atom stereocenters. The van der Waals surface area contributed by atoms with Gasteiger partial charge < -0.3 is 19.7 Å². The molecular weight excluding hydrogens is 658 g/mol. The van der Waals surface area contributed by atoms with E-state index in [1.54, 1.807) is 36.4 Å². The fourth-order valence-electron chi connectivity index (χ4n) is 4.86. The Hall–Kier alpha value is -4.35. The van der Waals surface area contributed by atoms with Crippen LogP contribution in [0, 0.1) is 0 Å². The van der Waals surface area contributed by atoms with Crippen LogP contribution in [0.25, 0.3) is 0 Å². The van der Waals surface area contributed by atoms with Crippen LogP contribution >= 0.6 is 15.9 Å². The lowest BCUT2D eigenvalue weighted by Crippen LogP contribution is -2.53. The van der Waals surface area contributed by atoms with Crippen molar-refractivity contribution >= 4 is 43.5 Å². The van der Waals surface area contributed by atoms with E-state index in [0.717, 1.165) is 19.9 Å². The topological polar surface area (TPSA) is 105 Å². The van der Waals surface area contributed by atoms with E-state index in [4.69, 9.17) is 9.47 Å². The first kappa shape index (κ1) is 33.5. The second-order valence-corrected chi connectivity index (χ2v) is 12.9. The maximum Gasteiger partial charge on any atom is 0.264 e. The standard InChI is InChI=1S/C34H36BrN3O6S/c1-4-36-34(40)31(22-25-10-6-5-7-11-25)37(23-26-14-16-27(35)17-15-26)33(39)24-38(30-12-8-9-13-32(30)44-3)45(41,42)29-20-18-28(43-2)19-21-29/h5-21,31H,4,22-24H2,1-3H3,(H,36,40)/t31-/m1/s1. The maximum absolute atomic E-state index is 14.5. The van der Waals surface area contributed by atoms with Crippen LogP contribution in [0.4, 0.5) is 5.69 Å². The molecule has 45 heavy (non-hydrogen) atoms. The van der Waals surface area contributed by atoms with Gasteiger partial charge in [0.25, 0.3) is 10.0 Å². The van der Waals surface area contributed by atoms with Gasteiger partial charge in [-0.05, 0) is 66.6 Å². The van der Waals surface area contributed by atoms with Crippen molar-refractivity contribution in [2.75, 3.05) is 31.6 Å². The van der Waals surface area contributed by atoms with Crippen LogP contribution in [-0.2, 0) is 32.6 Å². The molecule has 0 spiro atoms. The molecule has 9 nitrogen and oxygen atoms in total. The van der Waals surface area contributed by atoms with Gasteiger partial charge in [0.2, 0.25) is 11.8 Å². The van der Waals surface area contributed by atoms with Crippen LogP contribution in [0.15, 0.2) is 112 Å². The van der Waals surface area contributed by atoms with E-state index in [9.17, 15) is 18.0 Å². The van der Waals surface area contributed by atoms with Crippen molar-refractivity contribution in [2.45, 2.75) is 30.8 Å². The SMILES string of the molecule is CCNC(=O)[C@@H](Cc1ccccc1)N(Cc1ccc(Br)cc1)C(=O)CN(c1ccccc1OC)S(=O)(=O)c1ccc(OC)cc1. The summed E-state index contributed by atoms with van der Waals surface area (Å²) in [5.74, 6) is -0.145. The number of carbonyl (C=O) groups excluding carboxylic acids is 2. The summed E-state index contributed by atoms with van der Waals surface area (Å²) >= 11 is 3.44. The van der Waals surface area contributed by atoms with E-state index in [2.05, 4.69) is 21.2 Å². The Morgan fingerprint density at radius 2 is 1.47 bits per heavy atom. The van der Waals surface area contributed by atoms with Crippen molar-refractivity contribution in [3.8, 4) is 11.5 Å². The largest absolute Gasteiger partial charge is 0.497 e. The van der Waals surface area contributed by atoms with Crippen LogP contribution in [0.5, 0.6) is 11.5 Å². The molecule has 0 bridgehead atoms. The van der Waals surface area contributed by atoms with E-state index in [1.165, 1.54) is 31.3 Å². The van der Waals surface area contributed by atoms with Crippen molar-refractivity contribution in [3.05, 3.63) is 119 Å². The van der Waals surface area contributed by atoms with Crippen LogP contribution in [0.3, 0.4) is 0 Å². The van der Waals surface area contributed by atoms with Gasteiger partial charge in [0.1, 0.15) is 24.1 Å². The van der Waals surface area contributed by atoms with Crippen LogP contribution in [0.2, 0.25) is 0 Å². The molecule has 0 aliphatic heterocycles. The Kier molecular flexibility index (Phi) is 11.6.